The molecule has 0 spiro atoms. The van der Waals surface area contributed by atoms with E-state index in [9.17, 15) is 26.0 Å². The molecule has 6 aliphatic heterocycles. The maximum absolute atomic E-state index is 11.4. The molecule has 0 unspecified atom stereocenters. The summed E-state index contributed by atoms with van der Waals surface area (Å²) >= 11 is 0. The zero-order chi connectivity index (χ0) is 72.0. The molecule has 0 aliphatic carbocycles. The Morgan fingerprint density at radius 3 is 0.680 bits per heavy atom. The molecule has 0 atom stereocenters. The number of hydrogen-bond acceptors (Lipinski definition) is 29. The maximum atomic E-state index is 11.4. The lowest BCUT2D eigenvalue weighted by Crippen LogP contribution is -2.61. The van der Waals surface area contributed by atoms with Crippen LogP contribution in [-0.2, 0) is 0 Å². The highest BCUT2D eigenvalue weighted by atomic mass is 16.5. The van der Waals surface area contributed by atoms with Gasteiger partial charge in [0, 0.05) is 91.6 Å². The second-order valence-electron chi connectivity index (χ2n) is 36.6. The molecular weight excluding hydrogens is 1240 g/mol. The average Bonchev–Trinajstić information content (AvgIpc) is 0.803. The summed E-state index contributed by atoms with van der Waals surface area (Å²) in [4.78, 5) is 47.0. The minimum Gasteiger partial charge on any atom is -0.461 e. The van der Waals surface area contributed by atoms with Crippen LogP contribution in [0.1, 0.15) is 243 Å². The fourth-order valence-electron chi connectivity index (χ4n) is 17.9. The predicted molar refractivity (Wildman–Crippen MR) is 375 cm³/mol. The third-order valence-electron chi connectivity index (χ3n) is 21.2. The van der Waals surface area contributed by atoms with Crippen LogP contribution >= 0.6 is 0 Å². The van der Waals surface area contributed by atoms with E-state index in [0.717, 1.165) is 0 Å². The van der Waals surface area contributed by atoms with E-state index < -0.39 is 66.5 Å². The van der Waals surface area contributed by atoms with Gasteiger partial charge in [-0.2, -0.15) is 70.2 Å². The van der Waals surface area contributed by atoms with Crippen molar-refractivity contribution in [1.29, 1.82) is 0 Å². The Bertz CT molecular complexity index is 2800. The SMILES string of the molecule is CC1(C)CC(Nc2nc(NC3CC(C)(C)N(O)C(C)(C)C3)nc(OCCN(CCOc3nc(NC4CC(C)(C)N(O)C(C)(C)C4)nc(NC4CC(C)(C)N([OH2+])C(C)(C)C4)n3)c3nc(NC4CC(C)(C)N(O)C(C)(C)C4)nc(NC4CC(C)(C)N(O)C(C)(C)C4)n3)n2)CC(C)(C)N1O. The first kappa shape index (κ1) is 75.9. The van der Waals surface area contributed by atoms with Crippen LogP contribution in [0.4, 0.5) is 41.6 Å². The molecule has 30 heteroatoms. The van der Waals surface area contributed by atoms with Crippen LogP contribution in [-0.4, -0.2) is 236 Å². The second-order valence-corrected chi connectivity index (χ2v) is 36.6. The first-order valence-corrected chi connectivity index (χ1v) is 35.1. The van der Waals surface area contributed by atoms with Gasteiger partial charge in [-0.1, -0.05) is 5.06 Å². The largest absolute Gasteiger partial charge is 0.461 e. The minimum atomic E-state index is -0.586. The molecule has 6 fully saturated rings. The molecule has 6 aliphatic rings. The molecular formula is C67H123N22O8+. The lowest BCUT2D eigenvalue weighted by Gasteiger charge is -2.51. The van der Waals surface area contributed by atoms with Crippen molar-refractivity contribution >= 4 is 41.6 Å². The van der Waals surface area contributed by atoms with Gasteiger partial charge >= 0.3 is 12.0 Å². The number of hydrogen-bond donors (Lipinski definition) is 11. The lowest BCUT2D eigenvalue weighted by atomic mass is 9.79. The van der Waals surface area contributed by atoms with Crippen LogP contribution < -0.4 is 46.3 Å². The van der Waals surface area contributed by atoms with Gasteiger partial charge in [-0.15, -0.1) is 0 Å². The number of rotatable bonds is 21. The van der Waals surface area contributed by atoms with Crippen LogP contribution in [0.15, 0.2) is 0 Å². The van der Waals surface area contributed by atoms with Crippen LogP contribution in [0.2, 0.25) is 0 Å². The van der Waals surface area contributed by atoms with Gasteiger partial charge in [0.15, 0.2) is 0 Å². The second kappa shape index (κ2) is 26.6. The Morgan fingerprint density at radius 2 is 0.485 bits per heavy atom. The first-order valence-electron chi connectivity index (χ1n) is 35.1. The van der Waals surface area contributed by atoms with Gasteiger partial charge in [0.2, 0.25) is 41.6 Å². The summed E-state index contributed by atoms with van der Waals surface area (Å²) in [5.74, 6) is 2.20. The molecule has 3 aromatic rings. The van der Waals surface area contributed by atoms with Crippen molar-refractivity contribution in [2.45, 2.75) is 346 Å². The monoisotopic (exact) mass is 1360 g/mol. The van der Waals surface area contributed by atoms with Gasteiger partial charge in [0.25, 0.3) is 0 Å². The van der Waals surface area contributed by atoms with Crippen molar-refractivity contribution in [3.63, 3.8) is 0 Å². The number of piperidine rings is 6. The normalized spacial score (nSPS) is 26.2. The number of aromatic nitrogens is 9. The molecule has 13 N–H and O–H groups in total. The van der Waals surface area contributed by atoms with Gasteiger partial charge in [-0.05, 0) is 243 Å². The Balaban J connectivity index is 1.08. The molecule has 0 saturated carbocycles. The smallest absolute Gasteiger partial charge is 0.323 e. The highest BCUT2D eigenvalue weighted by molar-refractivity contribution is 5.46. The van der Waals surface area contributed by atoms with Crippen molar-refractivity contribution in [2.75, 3.05) is 63.1 Å². The van der Waals surface area contributed by atoms with Gasteiger partial charge in [-0.25, -0.2) is 0 Å². The molecule has 30 nitrogen and oxygen atoms in total. The zero-order valence-corrected chi connectivity index (χ0v) is 63.0. The summed E-state index contributed by atoms with van der Waals surface area (Å²) < 4.78 is 13.4. The summed E-state index contributed by atoms with van der Waals surface area (Å²) in [6.07, 6.45) is 7.25. The Morgan fingerprint density at radius 1 is 0.309 bits per heavy atom. The van der Waals surface area contributed by atoms with Crippen molar-refractivity contribution < 1.29 is 40.7 Å². The third-order valence-corrected chi connectivity index (χ3v) is 21.2. The van der Waals surface area contributed by atoms with Crippen LogP contribution in [0.3, 0.4) is 0 Å². The molecule has 97 heavy (non-hydrogen) atoms. The van der Waals surface area contributed by atoms with Gasteiger partial charge < -0.3 is 77.5 Å². The first-order chi connectivity index (χ1) is 44.3. The molecule has 0 amide bonds. The summed E-state index contributed by atoms with van der Waals surface area (Å²) in [5.41, 5.74) is -6.60. The van der Waals surface area contributed by atoms with Crippen molar-refractivity contribution in [2.24, 2.45) is 0 Å². The van der Waals surface area contributed by atoms with Crippen molar-refractivity contribution in [1.82, 2.24) is 75.2 Å². The predicted octanol–water partition coefficient (Wildman–Crippen LogP) is 9.39. The number of nitrogens with zero attached hydrogens (tertiary/aromatic N) is 16. The van der Waals surface area contributed by atoms with E-state index in [1.54, 1.807) is 5.06 Å². The fourth-order valence-corrected chi connectivity index (χ4v) is 17.9. The number of ether oxygens (including phenoxy) is 2. The van der Waals surface area contributed by atoms with E-state index >= 15 is 0 Å². The summed E-state index contributed by atoms with van der Waals surface area (Å²) in [6, 6.07) is -0.611. The van der Waals surface area contributed by atoms with Crippen molar-refractivity contribution in [3.05, 3.63) is 0 Å². The van der Waals surface area contributed by atoms with E-state index in [1.807, 2.05) is 143 Å². The summed E-state index contributed by atoms with van der Waals surface area (Å²) in [7, 11) is 0. The van der Waals surface area contributed by atoms with Gasteiger partial charge in [-0.3, -0.25) is 0 Å². The van der Waals surface area contributed by atoms with Gasteiger partial charge in [0.05, 0.1) is 24.2 Å². The van der Waals surface area contributed by atoms with Gasteiger partial charge in [0.1, 0.15) is 13.2 Å². The van der Waals surface area contributed by atoms with Crippen LogP contribution in [0.5, 0.6) is 12.0 Å². The molecule has 3 aromatic heterocycles. The zero-order valence-electron chi connectivity index (χ0n) is 63.0. The Labute approximate surface area is 576 Å². The molecule has 0 aromatic carbocycles. The van der Waals surface area contributed by atoms with E-state index in [-0.39, 0.29) is 74.6 Å². The molecule has 548 valence electrons. The average molecular weight is 1360 g/mol. The Kier molecular flexibility index (Phi) is 20.8. The van der Waals surface area contributed by atoms with E-state index in [4.69, 9.17) is 59.5 Å². The third kappa shape index (κ3) is 17.4. The van der Waals surface area contributed by atoms with Crippen molar-refractivity contribution in [3.8, 4) is 12.0 Å². The highest BCUT2D eigenvalue weighted by Crippen LogP contribution is 2.44. The fraction of sp³-hybridized carbons (Fsp3) is 0.866. The topological polar surface area (TPSA) is 353 Å². The molecule has 9 rings (SSSR count). The molecule has 9 heterocycles. The lowest BCUT2D eigenvalue weighted by molar-refractivity contribution is -0.243. The Hall–Kier alpha value is -5.25. The highest BCUT2D eigenvalue weighted by Gasteiger charge is 2.52. The minimum absolute atomic E-state index is 0.0256. The quantitative estimate of drug-likeness (QED) is 0.0442. The van der Waals surface area contributed by atoms with Crippen LogP contribution in [0, 0.1) is 0 Å². The van der Waals surface area contributed by atoms with E-state index in [1.165, 1.54) is 25.3 Å². The van der Waals surface area contributed by atoms with E-state index in [2.05, 4.69) is 59.6 Å². The number of nitrogens with one attached hydrogen (secondary N) is 6. The maximum Gasteiger partial charge on any atom is 0.323 e. The molecule has 0 bridgehead atoms. The summed E-state index contributed by atoms with van der Waals surface area (Å²) in [5, 5.41) is 96.3. The standard InChI is InChI=1S/C67H122N22O8/c1-56(2)29-41(30-57(3,4)84(56)90)68-47-74-48(69-42-31-58(5,6)85(91)59(7,8)32-42)78-53(77-47)83(25-27-96-54-79-49(70-43-33-60(9,10)86(92)61(11,12)34-43)75-50(80-54)71-44-35-62(13,14)87(93)63(15,16)36-44)26-28-97-55-81-51(72-45-37-64(17,18)88(94)65(19,20)38-45)76-52(82-55)73-46-39-66(21,22)89(95)67(23,24)40-46/h41-46,90-95H,25-40H2,1-24H3,(H2,68,69,74,77,78)(H2,70,71,75,79,80)(H2,72,73,76,81,82)/p+1. The molecule has 0 radical (unpaired) electrons. The number of anilines is 7. The molecule has 6 saturated heterocycles. The number of hydroxylamine groups is 12. The summed E-state index contributed by atoms with van der Waals surface area (Å²) in [6.45, 7) is 49.1. The van der Waals surface area contributed by atoms with E-state index in [0.29, 0.717) is 119 Å². The van der Waals surface area contributed by atoms with Crippen LogP contribution in [0.25, 0.3) is 0 Å².